The molecular weight excluding hydrogens is 460 g/mol. The van der Waals surface area contributed by atoms with E-state index in [9.17, 15) is 14.7 Å². The van der Waals surface area contributed by atoms with Gasteiger partial charge in [0.05, 0.1) is 39.0 Å². The molecule has 2 aliphatic heterocycles. The fourth-order valence-electron chi connectivity index (χ4n) is 4.62. The Hall–Kier alpha value is -3.62. The lowest BCUT2D eigenvalue weighted by molar-refractivity contribution is -0.129. The zero-order valence-electron chi connectivity index (χ0n) is 20.7. The summed E-state index contributed by atoms with van der Waals surface area (Å²) in [5.41, 5.74) is 1.50. The van der Waals surface area contributed by atoms with Gasteiger partial charge in [0.25, 0.3) is 5.91 Å². The van der Waals surface area contributed by atoms with E-state index in [1.54, 1.807) is 36.3 Å². The number of carbonyl (C=O) groups is 2. The molecule has 8 nitrogen and oxygen atoms in total. The van der Waals surface area contributed by atoms with Crippen LogP contribution in [0.3, 0.4) is 0 Å². The van der Waals surface area contributed by atoms with Gasteiger partial charge >= 0.3 is 0 Å². The van der Waals surface area contributed by atoms with Crippen LogP contribution in [0.25, 0.3) is 6.08 Å². The standard InChI is InChI=1S/C28H32N2O6/c1-34-21-10-11-22(24(19-21)35-2)26-25(23(31)12-9-20-7-4-3-5-8-20)27(32)28(33)30(26)14-6-13-29-15-17-36-18-16-29/h3-5,7-12,19,26,32H,6,13-18H2,1-2H3/b12-9+. The first-order chi connectivity index (χ1) is 17.5. The maximum Gasteiger partial charge on any atom is 0.290 e. The van der Waals surface area contributed by atoms with E-state index in [2.05, 4.69) is 4.90 Å². The highest BCUT2D eigenvalue weighted by Crippen LogP contribution is 2.42. The minimum atomic E-state index is -0.782. The van der Waals surface area contributed by atoms with E-state index < -0.39 is 23.5 Å². The van der Waals surface area contributed by atoms with Gasteiger partial charge in [-0.05, 0) is 30.2 Å². The Morgan fingerprint density at radius 1 is 1.08 bits per heavy atom. The first-order valence-electron chi connectivity index (χ1n) is 12.1. The second-order valence-electron chi connectivity index (χ2n) is 8.69. The second-order valence-corrected chi connectivity index (χ2v) is 8.69. The van der Waals surface area contributed by atoms with Gasteiger partial charge in [0.2, 0.25) is 0 Å². The van der Waals surface area contributed by atoms with Gasteiger partial charge in [-0.2, -0.15) is 0 Å². The zero-order chi connectivity index (χ0) is 25.5. The number of hydrogen-bond donors (Lipinski definition) is 1. The number of methoxy groups -OCH3 is 2. The quantitative estimate of drug-likeness (QED) is 0.509. The minimum Gasteiger partial charge on any atom is -0.503 e. The van der Waals surface area contributed by atoms with Crippen LogP contribution in [0.15, 0.2) is 65.9 Å². The van der Waals surface area contributed by atoms with Crippen molar-refractivity contribution in [2.24, 2.45) is 0 Å². The number of rotatable bonds is 10. The van der Waals surface area contributed by atoms with E-state index in [1.165, 1.54) is 13.2 Å². The molecule has 1 fully saturated rings. The molecule has 8 heteroatoms. The highest BCUT2D eigenvalue weighted by Gasteiger charge is 2.43. The van der Waals surface area contributed by atoms with Crippen LogP contribution in [0.2, 0.25) is 0 Å². The number of morpholine rings is 1. The van der Waals surface area contributed by atoms with Gasteiger partial charge in [0.1, 0.15) is 11.5 Å². The topological polar surface area (TPSA) is 88.5 Å². The fourth-order valence-corrected chi connectivity index (χ4v) is 4.62. The molecule has 2 aromatic carbocycles. The summed E-state index contributed by atoms with van der Waals surface area (Å²) in [5.74, 6) is -0.451. The number of benzene rings is 2. The van der Waals surface area contributed by atoms with Crippen LogP contribution in [-0.4, -0.2) is 80.2 Å². The summed E-state index contributed by atoms with van der Waals surface area (Å²) in [6.07, 6.45) is 3.76. The molecule has 1 saturated heterocycles. The van der Waals surface area contributed by atoms with Crippen molar-refractivity contribution < 1.29 is 28.9 Å². The highest BCUT2D eigenvalue weighted by molar-refractivity contribution is 6.14. The van der Waals surface area contributed by atoms with Crippen molar-refractivity contribution in [3.63, 3.8) is 0 Å². The molecule has 1 amide bonds. The number of ether oxygens (including phenoxy) is 3. The van der Waals surface area contributed by atoms with Crippen LogP contribution in [0.4, 0.5) is 0 Å². The number of nitrogens with zero attached hydrogens (tertiary/aromatic N) is 2. The molecule has 4 rings (SSSR count). The number of aliphatic hydroxyl groups is 1. The molecule has 190 valence electrons. The number of hydrogen-bond acceptors (Lipinski definition) is 7. The molecule has 0 saturated carbocycles. The molecule has 0 aromatic heterocycles. The molecule has 0 spiro atoms. The molecule has 0 aliphatic carbocycles. The Morgan fingerprint density at radius 2 is 1.83 bits per heavy atom. The van der Waals surface area contributed by atoms with Crippen LogP contribution in [0.1, 0.15) is 23.6 Å². The van der Waals surface area contributed by atoms with Gasteiger partial charge in [-0.25, -0.2) is 0 Å². The second kappa shape index (κ2) is 11.9. The van der Waals surface area contributed by atoms with Gasteiger partial charge < -0.3 is 24.2 Å². The molecule has 1 N–H and O–H groups in total. The summed E-state index contributed by atoms with van der Waals surface area (Å²) in [6.45, 7) is 4.26. The Balaban J connectivity index is 1.64. The number of carbonyl (C=O) groups excluding carboxylic acids is 2. The maximum atomic E-state index is 13.4. The SMILES string of the molecule is COc1ccc(C2C(C(=O)/C=C/c3ccccc3)=C(O)C(=O)N2CCCN2CCOCC2)c(OC)c1. The highest BCUT2D eigenvalue weighted by atomic mass is 16.5. The van der Waals surface area contributed by atoms with Crippen LogP contribution in [0, 0.1) is 0 Å². The Labute approximate surface area is 211 Å². The molecular formula is C28H32N2O6. The molecule has 0 radical (unpaired) electrons. The molecule has 36 heavy (non-hydrogen) atoms. The summed E-state index contributed by atoms with van der Waals surface area (Å²) >= 11 is 0. The van der Waals surface area contributed by atoms with Crippen LogP contribution in [-0.2, 0) is 14.3 Å². The summed E-state index contributed by atoms with van der Waals surface area (Å²) in [7, 11) is 3.08. The average Bonchev–Trinajstić information content (AvgIpc) is 3.17. The predicted molar refractivity (Wildman–Crippen MR) is 136 cm³/mol. The van der Waals surface area contributed by atoms with Gasteiger partial charge in [-0.3, -0.25) is 14.5 Å². The van der Waals surface area contributed by atoms with Crippen molar-refractivity contribution in [3.05, 3.63) is 77.1 Å². The molecule has 1 unspecified atom stereocenters. The molecule has 2 aromatic rings. The molecule has 1 atom stereocenters. The zero-order valence-corrected chi connectivity index (χ0v) is 20.7. The normalized spacial score (nSPS) is 18.8. The lowest BCUT2D eigenvalue weighted by atomic mass is 9.94. The molecule has 0 bridgehead atoms. The molecule has 2 aliphatic rings. The van der Waals surface area contributed by atoms with Gasteiger partial charge in [-0.15, -0.1) is 0 Å². The van der Waals surface area contributed by atoms with E-state index in [4.69, 9.17) is 14.2 Å². The van der Waals surface area contributed by atoms with Crippen molar-refractivity contribution in [1.29, 1.82) is 0 Å². The third kappa shape index (κ3) is 5.61. The molecule has 2 heterocycles. The van der Waals surface area contributed by atoms with Crippen molar-refractivity contribution in [3.8, 4) is 11.5 Å². The van der Waals surface area contributed by atoms with Gasteiger partial charge in [-0.1, -0.05) is 36.4 Å². The van der Waals surface area contributed by atoms with Gasteiger partial charge in [0.15, 0.2) is 11.5 Å². The van der Waals surface area contributed by atoms with Crippen LogP contribution in [0.5, 0.6) is 11.5 Å². The Bertz CT molecular complexity index is 1140. The lowest BCUT2D eigenvalue weighted by Gasteiger charge is -2.30. The predicted octanol–water partition coefficient (Wildman–Crippen LogP) is 3.40. The summed E-state index contributed by atoms with van der Waals surface area (Å²) in [4.78, 5) is 30.4. The number of ketones is 1. The van der Waals surface area contributed by atoms with Crippen molar-refractivity contribution in [2.45, 2.75) is 12.5 Å². The first-order valence-corrected chi connectivity index (χ1v) is 12.1. The minimum absolute atomic E-state index is 0.0435. The van der Waals surface area contributed by atoms with Crippen LogP contribution >= 0.6 is 0 Å². The van der Waals surface area contributed by atoms with E-state index >= 15 is 0 Å². The Morgan fingerprint density at radius 3 is 2.53 bits per heavy atom. The van der Waals surface area contributed by atoms with Crippen LogP contribution < -0.4 is 9.47 Å². The largest absolute Gasteiger partial charge is 0.503 e. The monoisotopic (exact) mass is 492 g/mol. The average molecular weight is 493 g/mol. The van der Waals surface area contributed by atoms with Crippen molar-refractivity contribution >= 4 is 17.8 Å². The third-order valence-electron chi connectivity index (χ3n) is 6.51. The van der Waals surface area contributed by atoms with Crippen molar-refractivity contribution in [2.75, 3.05) is 53.6 Å². The summed E-state index contributed by atoms with van der Waals surface area (Å²) < 4.78 is 16.3. The lowest BCUT2D eigenvalue weighted by Crippen LogP contribution is -2.39. The van der Waals surface area contributed by atoms with E-state index in [0.717, 1.165) is 25.2 Å². The van der Waals surface area contributed by atoms with E-state index in [1.807, 2.05) is 30.3 Å². The van der Waals surface area contributed by atoms with E-state index in [0.29, 0.717) is 43.2 Å². The van der Waals surface area contributed by atoms with E-state index in [-0.39, 0.29) is 5.57 Å². The number of allylic oxidation sites excluding steroid dienone is 1. The number of aliphatic hydroxyl groups excluding tert-OH is 1. The van der Waals surface area contributed by atoms with Crippen molar-refractivity contribution in [1.82, 2.24) is 9.80 Å². The maximum absolute atomic E-state index is 13.4. The number of amides is 1. The Kier molecular flexibility index (Phi) is 8.40. The smallest absolute Gasteiger partial charge is 0.290 e. The summed E-state index contributed by atoms with van der Waals surface area (Å²) in [5, 5.41) is 10.9. The van der Waals surface area contributed by atoms with Gasteiger partial charge in [0, 0.05) is 37.8 Å². The first kappa shape index (κ1) is 25.5. The third-order valence-corrected chi connectivity index (χ3v) is 6.51. The summed E-state index contributed by atoms with van der Waals surface area (Å²) in [6, 6.07) is 13.9. The fraction of sp³-hybridized carbons (Fsp3) is 0.357.